The van der Waals surface area contributed by atoms with Gasteiger partial charge in [-0.15, -0.1) is 0 Å². The second-order valence-corrected chi connectivity index (χ2v) is 6.40. The minimum atomic E-state index is -1.50. The number of carbonyl (C=O) groups is 2. The average molecular weight is 348 g/mol. The van der Waals surface area contributed by atoms with Crippen molar-refractivity contribution in [1.29, 1.82) is 0 Å². The Morgan fingerprint density at radius 1 is 1.08 bits per heavy atom. The van der Waals surface area contributed by atoms with E-state index < -0.39 is 30.3 Å². The Kier molecular flexibility index (Phi) is 8.22. The lowest BCUT2D eigenvalue weighted by molar-refractivity contribution is -0.351. The standard InChI is InChI=1S/C16H28O8/c1-9-15(5,6)16(7,8)24-23-10(2)13(17)21-11(3)20-12(4)22-14(18)19/h11-12H,2,9H2,1,3-8H3,(H,18,19). The Bertz CT molecular complexity index is 455. The van der Waals surface area contributed by atoms with Gasteiger partial charge in [0.1, 0.15) is 5.60 Å². The molecule has 0 spiro atoms. The van der Waals surface area contributed by atoms with Crippen molar-refractivity contribution < 1.29 is 38.7 Å². The Labute approximate surface area is 142 Å². The third-order valence-electron chi connectivity index (χ3n) is 4.02. The zero-order valence-electron chi connectivity index (χ0n) is 15.4. The van der Waals surface area contributed by atoms with Gasteiger partial charge in [-0.2, -0.15) is 4.89 Å². The molecule has 0 amide bonds. The van der Waals surface area contributed by atoms with Crippen LogP contribution in [0.3, 0.4) is 0 Å². The van der Waals surface area contributed by atoms with Gasteiger partial charge in [0.05, 0.1) is 0 Å². The first-order chi connectivity index (χ1) is 10.8. The molecule has 0 heterocycles. The Morgan fingerprint density at radius 3 is 2.04 bits per heavy atom. The monoisotopic (exact) mass is 348 g/mol. The number of carbonyl (C=O) groups excluding carboxylic acids is 1. The second-order valence-electron chi connectivity index (χ2n) is 6.40. The van der Waals surface area contributed by atoms with Gasteiger partial charge in [-0.25, -0.2) is 9.59 Å². The topological polar surface area (TPSA) is 101 Å². The number of hydrogen-bond donors (Lipinski definition) is 1. The van der Waals surface area contributed by atoms with Gasteiger partial charge >= 0.3 is 12.1 Å². The maximum atomic E-state index is 11.8. The third kappa shape index (κ3) is 7.18. The molecule has 1 N–H and O–H groups in total. The molecule has 2 atom stereocenters. The largest absolute Gasteiger partial charge is 0.508 e. The summed E-state index contributed by atoms with van der Waals surface area (Å²) >= 11 is 0. The Hall–Kier alpha value is -1.80. The molecule has 0 aliphatic rings. The first-order valence-electron chi connectivity index (χ1n) is 7.63. The van der Waals surface area contributed by atoms with Gasteiger partial charge in [-0.3, -0.25) is 0 Å². The molecule has 8 nitrogen and oxygen atoms in total. The summed E-state index contributed by atoms with van der Waals surface area (Å²) in [6.07, 6.45) is -2.82. The Balaban J connectivity index is 4.43. The number of esters is 1. The molecule has 0 fully saturated rings. The van der Waals surface area contributed by atoms with Gasteiger partial charge in [-0.1, -0.05) is 20.8 Å². The molecule has 0 aliphatic heterocycles. The molecule has 0 radical (unpaired) electrons. The van der Waals surface area contributed by atoms with E-state index in [9.17, 15) is 9.59 Å². The zero-order valence-corrected chi connectivity index (χ0v) is 15.4. The van der Waals surface area contributed by atoms with Crippen molar-refractivity contribution in [3.05, 3.63) is 12.3 Å². The van der Waals surface area contributed by atoms with Crippen LogP contribution in [0.2, 0.25) is 0 Å². The number of rotatable bonds is 10. The van der Waals surface area contributed by atoms with Gasteiger partial charge in [0.25, 0.3) is 0 Å². The van der Waals surface area contributed by atoms with Crippen LogP contribution in [0.15, 0.2) is 12.3 Å². The first-order valence-corrected chi connectivity index (χ1v) is 7.63. The quantitative estimate of drug-likeness (QED) is 0.160. The molecular formula is C16H28O8. The lowest BCUT2D eigenvalue weighted by Gasteiger charge is -2.38. The van der Waals surface area contributed by atoms with E-state index in [-0.39, 0.29) is 11.2 Å². The number of hydrogen-bond acceptors (Lipinski definition) is 7. The molecule has 140 valence electrons. The number of carboxylic acid groups (broad SMARTS) is 1. The first kappa shape index (κ1) is 22.2. The van der Waals surface area contributed by atoms with E-state index >= 15 is 0 Å². The predicted molar refractivity (Wildman–Crippen MR) is 84.7 cm³/mol. The van der Waals surface area contributed by atoms with Gasteiger partial charge < -0.3 is 24.2 Å². The van der Waals surface area contributed by atoms with Crippen LogP contribution in [0.4, 0.5) is 4.79 Å². The normalized spacial score (nSPS) is 14.5. The second kappa shape index (κ2) is 8.89. The average Bonchev–Trinajstić information content (AvgIpc) is 2.43. The van der Waals surface area contributed by atoms with E-state index in [0.717, 1.165) is 6.42 Å². The summed E-state index contributed by atoms with van der Waals surface area (Å²) in [5.74, 6) is -1.24. The summed E-state index contributed by atoms with van der Waals surface area (Å²) in [7, 11) is 0. The third-order valence-corrected chi connectivity index (χ3v) is 4.02. The summed E-state index contributed by atoms with van der Waals surface area (Å²) in [6, 6.07) is 0. The molecule has 0 saturated carbocycles. The zero-order chi connectivity index (χ0) is 19.1. The van der Waals surface area contributed by atoms with Gasteiger partial charge in [0.2, 0.25) is 18.3 Å². The molecule has 8 heteroatoms. The molecule has 0 aromatic heterocycles. The van der Waals surface area contributed by atoms with Crippen molar-refractivity contribution in [2.24, 2.45) is 5.41 Å². The fourth-order valence-electron chi connectivity index (χ4n) is 1.41. The lowest BCUT2D eigenvalue weighted by atomic mass is 9.75. The van der Waals surface area contributed by atoms with Crippen molar-refractivity contribution in [3.63, 3.8) is 0 Å². The highest BCUT2D eigenvalue weighted by atomic mass is 17.2. The molecule has 24 heavy (non-hydrogen) atoms. The fraction of sp³-hybridized carbons (Fsp3) is 0.750. The van der Waals surface area contributed by atoms with Gasteiger partial charge in [0, 0.05) is 0 Å². The van der Waals surface area contributed by atoms with Crippen LogP contribution in [0.1, 0.15) is 54.9 Å². The SMILES string of the molecule is C=C(OOC(C)(C)C(C)(C)CC)C(=O)OC(C)OC(C)OC(=O)O. The summed E-state index contributed by atoms with van der Waals surface area (Å²) < 4.78 is 14.2. The van der Waals surface area contributed by atoms with E-state index in [2.05, 4.69) is 11.3 Å². The smallest absolute Gasteiger partial charge is 0.450 e. The van der Waals surface area contributed by atoms with E-state index in [1.54, 1.807) is 0 Å². The van der Waals surface area contributed by atoms with Crippen LogP contribution in [0, 0.1) is 5.41 Å². The van der Waals surface area contributed by atoms with Crippen molar-refractivity contribution in [3.8, 4) is 0 Å². The molecule has 0 aliphatic carbocycles. The highest BCUT2D eigenvalue weighted by Crippen LogP contribution is 2.37. The molecule has 0 rings (SSSR count). The maximum Gasteiger partial charge on any atom is 0.508 e. The molecule has 0 aromatic carbocycles. The molecule has 2 unspecified atom stereocenters. The fourth-order valence-corrected chi connectivity index (χ4v) is 1.41. The molecule has 0 bridgehead atoms. The van der Waals surface area contributed by atoms with E-state index in [1.807, 2.05) is 34.6 Å². The number of ether oxygens (including phenoxy) is 3. The van der Waals surface area contributed by atoms with E-state index in [1.165, 1.54) is 13.8 Å². The highest BCUT2D eigenvalue weighted by Gasteiger charge is 2.39. The van der Waals surface area contributed by atoms with Crippen LogP contribution in [-0.2, 0) is 28.8 Å². The minimum Gasteiger partial charge on any atom is -0.450 e. The highest BCUT2D eigenvalue weighted by molar-refractivity contribution is 5.85. The maximum absolute atomic E-state index is 11.8. The predicted octanol–water partition coefficient (Wildman–Crippen LogP) is 3.61. The van der Waals surface area contributed by atoms with Gasteiger partial charge in [-0.05, 0) is 46.1 Å². The van der Waals surface area contributed by atoms with E-state index in [0.29, 0.717) is 0 Å². The van der Waals surface area contributed by atoms with Crippen LogP contribution in [-0.4, -0.2) is 35.4 Å². The summed E-state index contributed by atoms with van der Waals surface area (Å²) in [4.78, 5) is 32.5. The van der Waals surface area contributed by atoms with Crippen LogP contribution in [0.5, 0.6) is 0 Å². The van der Waals surface area contributed by atoms with Crippen LogP contribution < -0.4 is 0 Å². The van der Waals surface area contributed by atoms with Crippen molar-refractivity contribution in [2.75, 3.05) is 0 Å². The molecule has 0 saturated heterocycles. The minimum absolute atomic E-state index is 0.197. The lowest BCUT2D eigenvalue weighted by Crippen LogP contribution is -2.41. The summed E-state index contributed by atoms with van der Waals surface area (Å²) in [5.41, 5.74) is -0.867. The summed E-state index contributed by atoms with van der Waals surface area (Å²) in [6.45, 7) is 15.9. The Morgan fingerprint density at radius 2 is 1.58 bits per heavy atom. The molecule has 0 aromatic rings. The van der Waals surface area contributed by atoms with Crippen LogP contribution >= 0.6 is 0 Å². The van der Waals surface area contributed by atoms with Crippen LogP contribution in [0.25, 0.3) is 0 Å². The van der Waals surface area contributed by atoms with Crippen molar-refractivity contribution in [1.82, 2.24) is 0 Å². The van der Waals surface area contributed by atoms with Crippen molar-refractivity contribution in [2.45, 2.75) is 73.1 Å². The summed E-state index contributed by atoms with van der Waals surface area (Å²) in [5, 5.41) is 8.44. The van der Waals surface area contributed by atoms with E-state index in [4.69, 9.17) is 24.4 Å². The molecular weight excluding hydrogens is 320 g/mol. The van der Waals surface area contributed by atoms with Gasteiger partial charge in [0.15, 0.2) is 0 Å². The van der Waals surface area contributed by atoms with Crippen molar-refractivity contribution >= 4 is 12.1 Å².